The van der Waals surface area contributed by atoms with Gasteiger partial charge in [0.15, 0.2) is 0 Å². The first-order valence-corrected chi connectivity index (χ1v) is 12.3. The number of rotatable bonds is 4. The normalized spacial score (nSPS) is 22.3. The minimum absolute atomic E-state index is 0.0149. The average Bonchev–Trinajstić information content (AvgIpc) is 3.16. The van der Waals surface area contributed by atoms with Crippen LogP contribution in [0.25, 0.3) is 10.8 Å². The van der Waals surface area contributed by atoms with Crippen LogP contribution in [0.4, 0.5) is 0 Å². The molecule has 1 atom stereocenters. The van der Waals surface area contributed by atoms with Gasteiger partial charge in [0.1, 0.15) is 0 Å². The van der Waals surface area contributed by atoms with Crippen LogP contribution < -0.4 is 5.32 Å². The Morgan fingerprint density at radius 2 is 1.55 bits per heavy atom. The monoisotopic (exact) mass is 414 g/mol. The number of hydrogen-bond acceptors (Lipinski definition) is 3. The molecular formula is C23H30N2O3S. The fourth-order valence-corrected chi connectivity index (χ4v) is 6.29. The second kappa shape index (κ2) is 8.84. The molecule has 5 nitrogen and oxygen atoms in total. The lowest BCUT2D eigenvalue weighted by Crippen LogP contribution is -2.48. The minimum Gasteiger partial charge on any atom is -0.339 e. The van der Waals surface area contributed by atoms with Crippen LogP contribution in [-0.4, -0.2) is 31.3 Å². The number of amides is 1. The van der Waals surface area contributed by atoms with Gasteiger partial charge in [0.05, 0.1) is 11.1 Å². The SMILES string of the molecule is O=C(NC1CCCN1S(=O)(=O)c1ccc2ccccc2c1)C1CCCCCCC1. The van der Waals surface area contributed by atoms with E-state index in [0.29, 0.717) is 17.9 Å². The first-order chi connectivity index (χ1) is 14.1. The van der Waals surface area contributed by atoms with Gasteiger partial charge in [-0.1, -0.05) is 62.4 Å². The molecule has 0 spiro atoms. The molecule has 2 aromatic carbocycles. The molecule has 1 saturated heterocycles. The van der Waals surface area contributed by atoms with Crippen molar-refractivity contribution < 1.29 is 13.2 Å². The lowest BCUT2D eigenvalue weighted by atomic mass is 9.90. The van der Waals surface area contributed by atoms with Gasteiger partial charge in [0, 0.05) is 12.5 Å². The van der Waals surface area contributed by atoms with Gasteiger partial charge in [-0.2, -0.15) is 4.31 Å². The Bertz CT molecular complexity index is 965. The first kappa shape index (κ1) is 20.4. The minimum atomic E-state index is -3.65. The highest BCUT2D eigenvalue weighted by atomic mass is 32.2. The summed E-state index contributed by atoms with van der Waals surface area (Å²) in [5.41, 5.74) is 0. The molecule has 1 unspecified atom stereocenters. The van der Waals surface area contributed by atoms with Gasteiger partial charge < -0.3 is 5.32 Å². The van der Waals surface area contributed by atoms with Crippen molar-refractivity contribution in [2.24, 2.45) is 5.92 Å². The largest absolute Gasteiger partial charge is 0.339 e. The van der Waals surface area contributed by atoms with Gasteiger partial charge in [0.2, 0.25) is 15.9 Å². The van der Waals surface area contributed by atoms with Gasteiger partial charge in [-0.25, -0.2) is 8.42 Å². The molecular weight excluding hydrogens is 384 g/mol. The summed E-state index contributed by atoms with van der Waals surface area (Å²) >= 11 is 0. The molecule has 1 saturated carbocycles. The molecule has 0 aromatic heterocycles. The third kappa shape index (κ3) is 4.48. The molecule has 6 heteroatoms. The maximum absolute atomic E-state index is 13.3. The van der Waals surface area contributed by atoms with Crippen LogP contribution in [0.3, 0.4) is 0 Å². The molecule has 2 aromatic rings. The summed E-state index contributed by atoms with van der Waals surface area (Å²) in [4.78, 5) is 13.2. The van der Waals surface area contributed by atoms with Gasteiger partial charge in [-0.3, -0.25) is 4.79 Å². The predicted octanol–water partition coefficient (Wildman–Crippen LogP) is 4.43. The summed E-state index contributed by atoms with van der Waals surface area (Å²) in [6, 6.07) is 13.0. The van der Waals surface area contributed by atoms with E-state index in [0.717, 1.165) is 42.9 Å². The van der Waals surface area contributed by atoms with E-state index in [-0.39, 0.29) is 11.8 Å². The summed E-state index contributed by atoms with van der Waals surface area (Å²) < 4.78 is 28.1. The smallest absolute Gasteiger partial charge is 0.244 e. The molecule has 1 aliphatic carbocycles. The van der Waals surface area contributed by atoms with E-state index in [1.807, 2.05) is 30.3 Å². The van der Waals surface area contributed by atoms with E-state index in [1.54, 1.807) is 12.1 Å². The number of benzene rings is 2. The summed E-state index contributed by atoms with van der Waals surface area (Å²) in [7, 11) is -3.65. The Morgan fingerprint density at radius 3 is 2.31 bits per heavy atom. The van der Waals surface area contributed by atoms with Crippen molar-refractivity contribution in [1.82, 2.24) is 9.62 Å². The number of nitrogens with zero attached hydrogens (tertiary/aromatic N) is 1. The van der Waals surface area contributed by atoms with Crippen LogP contribution in [0.1, 0.15) is 57.8 Å². The van der Waals surface area contributed by atoms with Crippen molar-refractivity contribution in [2.75, 3.05) is 6.54 Å². The molecule has 1 aliphatic heterocycles. The van der Waals surface area contributed by atoms with E-state index >= 15 is 0 Å². The molecule has 0 bridgehead atoms. The van der Waals surface area contributed by atoms with Crippen molar-refractivity contribution >= 4 is 26.7 Å². The van der Waals surface area contributed by atoms with E-state index in [9.17, 15) is 13.2 Å². The molecule has 156 valence electrons. The van der Waals surface area contributed by atoms with Crippen LogP contribution >= 0.6 is 0 Å². The van der Waals surface area contributed by atoms with Crippen LogP contribution in [-0.2, 0) is 14.8 Å². The van der Waals surface area contributed by atoms with Crippen molar-refractivity contribution in [3.63, 3.8) is 0 Å². The number of carbonyl (C=O) groups excluding carboxylic acids is 1. The summed E-state index contributed by atoms with van der Waals surface area (Å²) in [6.45, 7) is 0.449. The van der Waals surface area contributed by atoms with Gasteiger partial charge in [0.25, 0.3) is 0 Å². The third-order valence-corrected chi connectivity index (χ3v) is 8.22. The second-order valence-electron chi connectivity index (χ2n) is 8.33. The number of hydrogen-bond donors (Lipinski definition) is 1. The second-order valence-corrected chi connectivity index (χ2v) is 10.2. The average molecular weight is 415 g/mol. The predicted molar refractivity (Wildman–Crippen MR) is 115 cm³/mol. The number of fused-ring (bicyclic) bond motifs is 1. The molecule has 1 amide bonds. The zero-order valence-electron chi connectivity index (χ0n) is 16.8. The lowest BCUT2D eigenvalue weighted by Gasteiger charge is -2.27. The molecule has 29 heavy (non-hydrogen) atoms. The number of sulfonamides is 1. The van der Waals surface area contributed by atoms with Crippen LogP contribution in [0.5, 0.6) is 0 Å². The van der Waals surface area contributed by atoms with Crippen molar-refractivity contribution in [2.45, 2.75) is 68.8 Å². The zero-order chi connectivity index (χ0) is 20.3. The molecule has 2 fully saturated rings. The van der Waals surface area contributed by atoms with E-state index in [1.165, 1.54) is 23.6 Å². The first-order valence-electron chi connectivity index (χ1n) is 10.9. The molecule has 2 aliphatic rings. The lowest BCUT2D eigenvalue weighted by molar-refractivity contribution is -0.126. The number of carbonyl (C=O) groups is 1. The molecule has 1 N–H and O–H groups in total. The van der Waals surface area contributed by atoms with Crippen molar-refractivity contribution in [3.8, 4) is 0 Å². The van der Waals surface area contributed by atoms with E-state index in [2.05, 4.69) is 5.32 Å². The standard InChI is InChI=1S/C23H30N2O3S/c26-23(19-10-4-2-1-3-5-11-19)24-22-13-8-16-25(22)29(27,28)21-15-14-18-9-6-7-12-20(18)17-21/h6-7,9,12,14-15,17,19,22H,1-5,8,10-11,13,16H2,(H,24,26). The van der Waals surface area contributed by atoms with Crippen LogP contribution in [0.15, 0.2) is 47.4 Å². The molecule has 0 radical (unpaired) electrons. The topological polar surface area (TPSA) is 66.5 Å². The number of nitrogens with one attached hydrogen (secondary N) is 1. The van der Waals surface area contributed by atoms with Crippen molar-refractivity contribution in [1.29, 1.82) is 0 Å². The van der Waals surface area contributed by atoms with Crippen LogP contribution in [0.2, 0.25) is 0 Å². The van der Waals surface area contributed by atoms with Crippen molar-refractivity contribution in [3.05, 3.63) is 42.5 Å². The Balaban J connectivity index is 1.51. The fraction of sp³-hybridized carbons (Fsp3) is 0.522. The Labute approximate surface area is 173 Å². The Hall–Kier alpha value is -1.92. The summed E-state index contributed by atoms with van der Waals surface area (Å²) in [5, 5.41) is 4.99. The highest BCUT2D eigenvalue weighted by Gasteiger charge is 2.37. The van der Waals surface area contributed by atoms with Gasteiger partial charge >= 0.3 is 0 Å². The van der Waals surface area contributed by atoms with Gasteiger partial charge in [-0.05, 0) is 48.6 Å². The quantitative estimate of drug-likeness (QED) is 0.805. The molecule has 1 heterocycles. The van der Waals surface area contributed by atoms with E-state index < -0.39 is 16.2 Å². The molecule has 4 rings (SSSR count). The highest BCUT2D eigenvalue weighted by Crippen LogP contribution is 2.28. The maximum Gasteiger partial charge on any atom is 0.244 e. The van der Waals surface area contributed by atoms with E-state index in [4.69, 9.17) is 0 Å². The Morgan fingerprint density at radius 1 is 0.862 bits per heavy atom. The Kier molecular flexibility index (Phi) is 6.20. The maximum atomic E-state index is 13.3. The summed E-state index contributed by atoms with van der Waals surface area (Å²) in [5.74, 6) is 0.0404. The fourth-order valence-electron chi connectivity index (χ4n) is 4.64. The van der Waals surface area contributed by atoms with Crippen LogP contribution in [0, 0.1) is 5.92 Å². The highest BCUT2D eigenvalue weighted by molar-refractivity contribution is 7.89. The zero-order valence-corrected chi connectivity index (χ0v) is 17.7. The third-order valence-electron chi connectivity index (χ3n) is 6.32. The summed E-state index contributed by atoms with van der Waals surface area (Å²) in [6.07, 6.45) is 8.63. The van der Waals surface area contributed by atoms with Gasteiger partial charge in [-0.15, -0.1) is 0 Å².